The first-order chi connectivity index (χ1) is 17.6. The largest absolute Gasteiger partial charge is 0.355 e. The number of halogens is 2. The molecule has 0 spiro atoms. The predicted molar refractivity (Wildman–Crippen MR) is 153 cm³/mol. The van der Waals surface area contributed by atoms with Crippen LogP contribution in [0.4, 0.5) is 0 Å². The van der Waals surface area contributed by atoms with Crippen molar-refractivity contribution in [3.8, 4) is 0 Å². The van der Waals surface area contributed by atoms with Crippen LogP contribution in [-0.2, 0) is 34.4 Å². The van der Waals surface area contributed by atoms with Crippen molar-refractivity contribution in [1.29, 1.82) is 0 Å². The molecule has 1 N–H and O–H groups in total. The highest BCUT2D eigenvalue weighted by atomic mass is 35.5. The van der Waals surface area contributed by atoms with Crippen LogP contribution in [-0.4, -0.2) is 29.3 Å². The molecule has 0 radical (unpaired) electrons. The van der Waals surface area contributed by atoms with Gasteiger partial charge in [-0.3, -0.25) is 9.59 Å². The summed E-state index contributed by atoms with van der Waals surface area (Å²) in [7, 11) is 0. The van der Waals surface area contributed by atoms with Crippen molar-refractivity contribution in [2.24, 2.45) is 0 Å². The van der Waals surface area contributed by atoms with E-state index in [1.54, 1.807) is 23.1 Å². The first-order valence-electron chi connectivity index (χ1n) is 12.7. The highest BCUT2D eigenvalue weighted by molar-refractivity contribution is 6.36. The highest BCUT2D eigenvalue weighted by Gasteiger charge is 2.31. The van der Waals surface area contributed by atoms with Gasteiger partial charge >= 0.3 is 0 Å². The van der Waals surface area contributed by atoms with Gasteiger partial charge < -0.3 is 10.2 Å². The number of amides is 2. The topological polar surface area (TPSA) is 49.4 Å². The van der Waals surface area contributed by atoms with Crippen LogP contribution in [0, 0.1) is 0 Å². The lowest BCUT2D eigenvalue weighted by atomic mass is 9.86. The van der Waals surface area contributed by atoms with E-state index in [4.69, 9.17) is 23.2 Å². The number of benzene rings is 3. The summed E-state index contributed by atoms with van der Waals surface area (Å²) >= 11 is 13.0. The zero-order valence-corrected chi connectivity index (χ0v) is 23.6. The Morgan fingerprint density at radius 3 is 2.05 bits per heavy atom. The summed E-state index contributed by atoms with van der Waals surface area (Å²) in [5.41, 5.74) is 4.00. The van der Waals surface area contributed by atoms with Crippen LogP contribution in [0.2, 0.25) is 10.0 Å². The van der Waals surface area contributed by atoms with Gasteiger partial charge in [0.2, 0.25) is 11.8 Å². The Morgan fingerprint density at radius 2 is 1.49 bits per heavy atom. The summed E-state index contributed by atoms with van der Waals surface area (Å²) in [6, 6.07) is 22.7. The van der Waals surface area contributed by atoms with E-state index in [9.17, 15) is 9.59 Å². The van der Waals surface area contributed by atoms with Crippen LogP contribution in [0.3, 0.4) is 0 Å². The number of hydrogen-bond donors (Lipinski definition) is 1. The molecule has 0 saturated heterocycles. The van der Waals surface area contributed by atoms with Gasteiger partial charge in [0.1, 0.15) is 6.04 Å². The smallest absolute Gasteiger partial charge is 0.243 e. The molecule has 0 bridgehead atoms. The van der Waals surface area contributed by atoms with Crippen molar-refractivity contribution in [2.75, 3.05) is 6.54 Å². The fourth-order valence-electron chi connectivity index (χ4n) is 4.27. The van der Waals surface area contributed by atoms with Crippen LogP contribution in [0.25, 0.3) is 0 Å². The summed E-state index contributed by atoms with van der Waals surface area (Å²) in [6.45, 7) is 9.02. The second-order valence-electron chi connectivity index (χ2n) is 10.3. The van der Waals surface area contributed by atoms with Crippen molar-refractivity contribution in [3.05, 3.63) is 105 Å². The van der Waals surface area contributed by atoms with E-state index in [1.165, 1.54) is 5.56 Å². The number of carbonyl (C=O) groups excluding carboxylic acids is 2. The molecule has 0 aromatic heterocycles. The van der Waals surface area contributed by atoms with Gasteiger partial charge in [0, 0.05) is 41.5 Å². The fourth-order valence-corrected chi connectivity index (χ4v) is 4.78. The van der Waals surface area contributed by atoms with Gasteiger partial charge in [-0.25, -0.2) is 0 Å². The molecule has 0 aliphatic rings. The predicted octanol–water partition coefficient (Wildman–Crippen LogP) is 7.00. The van der Waals surface area contributed by atoms with Crippen molar-refractivity contribution in [3.63, 3.8) is 0 Å². The van der Waals surface area contributed by atoms with Crippen LogP contribution in [0.5, 0.6) is 0 Å². The van der Waals surface area contributed by atoms with Crippen molar-refractivity contribution in [2.45, 2.75) is 65.0 Å². The van der Waals surface area contributed by atoms with Crippen LogP contribution in [0.1, 0.15) is 56.4 Å². The molecule has 6 heteroatoms. The molecule has 3 aromatic rings. The minimum absolute atomic E-state index is 0.0661. The molecule has 4 nitrogen and oxygen atoms in total. The molecule has 1 atom stereocenters. The third-order valence-corrected chi connectivity index (χ3v) is 7.17. The molecule has 37 heavy (non-hydrogen) atoms. The molecule has 3 aromatic carbocycles. The van der Waals surface area contributed by atoms with E-state index >= 15 is 0 Å². The maximum atomic E-state index is 13.8. The Morgan fingerprint density at radius 1 is 0.865 bits per heavy atom. The molecular formula is C31H36Cl2N2O2. The SMILES string of the molecule is CCNC(=O)[C@H](Cc1ccccc1)N(Cc1c(Cl)cccc1Cl)C(=O)CCc1ccc(C(C)(C)C)cc1. The van der Waals surface area contributed by atoms with Crippen molar-refractivity contribution in [1.82, 2.24) is 10.2 Å². The quantitative estimate of drug-likeness (QED) is 0.302. The van der Waals surface area contributed by atoms with E-state index in [0.717, 1.165) is 11.1 Å². The van der Waals surface area contributed by atoms with Gasteiger partial charge in [-0.2, -0.15) is 0 Å². The number of likely N-dealkylation sites (N-methyl/N-ethyl adjacent to an activating group) is 1. The zero-order chi connectivity index (χ0) is 27.0. The molecule has 0 unspecified atom stereocenters. The second-order valence-corrected chi connectivity index (χ2v) is 11.1. The van der Waals surface area contributed by atoms with Gasteiger partial charge in [0.15, 0.2) is 0 Å². The summed E-state index contributed by atoms with van der Waals surface area (Å²) in [6.07, 6.45) is 1.23. The molecule has 0 aliphatic carbocycles. The van der Waals surface area contributed by atoms with Crippen LogP contribution < -0.4 is 5.32 Å². The number of carbonyl (C=O) groups is 2. The number of nitrogens with one attached hydrogen (secondary N) is 1. The lowest BCUT2D eigenvalue weighted by Crippen LogP contribution is -2.50. The fraction of sp³-hybridized carbons (Fsp3) is 0.355. The van der Waals surface area contributed by atoms with E-state index < -0.39 is 6.04 Å². The third-order valence-electron chi connectivity index (χ3n) is 6.46. The number of hydrogen-bond acceptors (Lipinski definition) is 2. The Bertz CT molecular complexity index is 1170. The average molecular weight is 540 g/mol. The van der Waals surface area contributed by atoms with E-state index in [1.807, 2.05) is 37.3 Å². The van der Waals surface area contributed by atoms with Gasteiger partial charge in [0.25, 0.3) is 0 Å². The van der Waals surface area contributed by atoms with E-state index in [2.05, 4.69) is 50.4 Å². The average Bonchev–Trinajstić information content (AvgIpc) is 2.86. The molecule has 196 valence electrons. The molecule has 0 heterocycles. The van der Waals surface area contributed by atoms with Crippen LogP contribution in [0.15, 0.2) is 72.8 Å². The molecule has 0 fully saturated rings. The summed E-state index contributed by atoms with van der Waals surface area (Å²) in [5.74, 6) is -0.319. The standard InChI is InChI=1S/C31H36Cl2N2O2/c1-5-34-30(37)28(20-23-10-7-6-8-11-23)35(21-25-26(32)12-9-13-27(25)33)29(36)19-16-22-14-17-24(18-15-22)31(2,3)4/h6-15,17-18,28H,5,16,19-21H2,1-4H3,(H,34,37)/t28-/m0/s1. The summed E-state index contributed by atoms with van der Waals surface area (Å²) in [5, 5.41) is 3.85. The normalized spacial score (nSPS) is 12.2. The van der Waals surface area contributed by atoms with Crippen molar-refractivity contribution < 1.29 is 9.59 Å². The van der Waals surface area contributed by atoms with Gasteiger partial charge in [0.05, 0.1) is 0 Å². The van der Waals surface area contributed by atoms with Gasteiger partial charge in [-0.05, 0) is 47.6 Å². The number of nitrogens with zero attached hydrogens (tertiary/aromatic N) is 1. The first-order valence-corrected chi connectivity index (χ1v) is 13.5. The minimum atomic E-state index is -0.703. The Balaban J connectivity index is 1.90. The maximum absolute atomic E-state index is 13.8. The molecule has 2 amide bonds. The molecule has 3 rings (SSSR count). The Hall–Kier alpha value is -2.82. The lowest BCUT2D eigenvalue weighted by Gasteiger charge is -2.32. The van der Waals surface area contributed by atoms with E-state index in [0.29, 0.717) is 35.0 Å². The Labute approximate surface area is 231 Å². The molecular weight excluding hydrogens is 503 g/mol. The zero-order valence-electron chi connectivity index (χ0n) is 22.1. The minimum Gasteiger partial charge on any atom is -0.355 e. The van der Waals surface area contributed by atoms with Crippen molar-refractivity contribution >= 4 is 35.0 Å². The molecule has 0 saturated carbocycles. The second kappa shape index (κ2) is 13.1. The molecule has 0 aliphatic heterocycles. The Kier molecular flexibility index (Phi) is 10.2. The summed E-state index contributed by atoms with van der Waals surface area (Å²) in [4.78, 5) is 28.7. The number of aryl methyl sites for hydroxylation is 1. The van der Waals surface area contributed by atoms with E-state index in [-0.39, 0.29) is 30.2 Å². The lowest BCUT2D eigenvalue weighted by molar-refractivity contribution is -0.141. The van der Waals surface area contributed by atoms with Crippen LogP contribution >= 0.6 is 23.2 Å². The third kappa shape index (κ3) is 8.08. The highest BCUT2D eigenvalue weighted by Crippen LogP contribution is 2.28. The van der Waals surface area contributed by atoms with Gasteiger partial charge in [-0.1, -0.05) is 105 Å². The summed E-state index contributed by atoms with van der Waals surface area (Å²) < 4.78 is 0. The monoisotopic (exact) mass is 538 g/mol. The first kappa shape index (κ1) is 28.7. The van der Waals surface area contributed by atoms with Gasteiger partial charge in [-0.15, -0.1) is 0 Å². The maximum Gasteiger partial charge on any atom is 0.243 e. The number of rotatable bonds is 10.